The minimum atomic E-state index is -0.380. The average Bonchev–Trinajstić information content (AvgIpc) is 2.98. The fourth-order valence-electron chi connectivity index (χ4n) is 2.31. The number of rotatable bonds is 5. The molecule has 5 nitrogen and oxygen atoms in total. The summed E-state index contributed by atoms with van der Waals surface area (Å²) < 4.78 is 1.95. The maximum atomic E-state index is 11.1. The summed E-state index contributed by atoms with van der Waals surface area (Å²) in [5, 5.41) is 9.24. The van der Waals surface area contributed by atoms with E-state index in [1.807, 2.05) is 66.1 Å². The number of hydrogen-bond acceptors (Lipinski definition) is 4. The minimum Gasteiger partial charge on any atom is -0.369 e. The van der Waals surface area contributed by atoms with Crippen LogP contribution in [0.25, 0.3) is 17.1 Å². The summed E-state index contributed by atoms with van der Waals surface area (Å²) in [6, 6.07) is 17.9. The quantitative estimate of drug-likeness (QED) is 0.732. The Kier molecular flexibility index (Phi) is 4.43. The molecule has 0 saturated heterocycles. The predicted octanol–water partition coefficient (Wildman–Crippen LogP) is 2.82. The number of thioether (sulfide) groups is 1. The molecule has 2 aromatic carbocycles. The first kappa shape index (κ1) is 15.3. The Balaban J connectivity index is 2.14. The summed E-state index contributed by atoms with van der Waals surface area (Å²) in [5.74, 6) is 0.537. The number of amides is 1. The highest BCUT2D eigenvalue weighted by Crippen LogP contribution is 2.29. The summed E-state index contributed by atoms with van der Waals surface area (Å²) in [6.07, 6.45) is 0. The van der Waals surface area contributed by atoms with Crippen LogP contribution < -0.4 is 5.73 Å². The van der Waals surface area contributed by atoms with E-state index in [0.29, 0.717) is 5.16 Å². The second-order valence-electron chi connectivity index (χ2n) is 5.05. The standard InChI is InChI=1S/C17H16N4OS/c1-12-7-5-6-10-14(12)16-19-20-17(23-11-15(18)22)21(16)13-8-3-2-4-9-13/h2-10H,11H2,1H3,(H2,18,22). The zero-order chi connectivity index (χ0) is 16.2. The van der Waals surface area contributed by atoms with Crippen molar-refractivity contribution in [2.24, 2.45) is 5.73 Å². The Morgan fingerprint density at radius 2 is 1.78 bits per heavy atom. The highest BCUT2D eigenvalue weighted by Gasteiger charge is 2.17. The molecule has 0 aliphatic heterocycles. The summed E-state index contributed by atoms with van der Waals surface area (Å²) in [4.78, 5) is 11.1. The maximum Gasteiger partial charge on any atom is 0.227 e. The Hall–Kier alpha value is -2.60. The summed E-state index contributed by atoms with van der Waals surface area (Å²) in [6.45, 7) is 2.04. The fourth-order valence-corrected chi connectivity index (χ4v) is 3.00. The van der Waals surface area contributed by atoms with E-state index in [1.165, 1.54) is 11.8 Å². The van der Waals surface area contributed by atoms with Crippen molar-refractivity contribution in [1.29, 1.82) is 0 Å². The number of carbonyl (C=O) groups excluding carboxylic acids is 1. The Bertz CT molecular complexity index is 830. The van der Waals surface area contributed by atoms with Gasteiger partial charge in [0.1, 0.15) is 0 Å². The molecule has 23 heavy (non-hydrogen) atoms. The van der Waals surface area contributed by atoms with Crippen molar-refractivity contribution in [1.82, 2.24) is 14.8 Å². The lowest BCUT2D eigenvalue weighted by Gasteiger charge is -2.11. The van der Waals surface area contributed by atoms with Crippen molar-refractivity contribution >= 4 is 17.7 Å². The van der Waals surface area contributed by atoms with Gasteiger partial charge in [0, 0.05) is 11.3 Å². The van der Waals surface area contributed by atoms with E-state index < -0.39 is 0 Å². The van der Waals surface area contributed by atoms with Gasteiger partial charge in [-0.25, -0.2) is 0 Å². The second kappa shape index (κ2) is 6.66. The summed E-state index contributed by atoms with van der Waals surface area (Å²) in [7, 11) is 0. The third kappa shape index (κ3) is 3.27. The number of nitrogens with zero attached hydrogens (tertiary/aromatic N) is 3. The highest BCUT2D eigenvalue weighted by atomic mass is 32.2. The molecule has 6 heteroatoms. The first-order valence-electron chi connectivity index (χ1n) is 7.15. The van der Waals surface area contributed by atoms with Crippen molar-refractivity contribution in [2.75, 3.05) is 5.75 Å². The van der Waals surface area contributed by atoms with Gasteiger partial charge in [0.25, 0.3) is 0 Å². The van der Waals surface area contributed by atoms with Gasteiger partial charge in [-0.3, -0.25) is 9.36 Å². The molecule has 0 saturated carbocycles. The van der Waals surface area contributed by atoms with E-state index in [9.17, 15) is 4.79 Å². The van der Waals surface area contributed by atoms with Gasteiger partial charge in [-0.15, -0.1) is 10.2 Å². The maximum absolute atomic E-state index is 11.1. The Morgan fingerprint density at radius 1 is 1.09 bits per heavy atom. The molecule has 0 unspecified atom stereocenters. The predicted molar refractivity (Wildman–Crippen MR) is 91.5 cm³/mol. The molecular weight excluding hydrogens is 308 g/mol. The van der Waals surface area contributed by atoms with Crippen LogP contribution in [-0.2, 0) is 4.79 Å². The minimum absolute atomic E-state index is 0.165. The molecule has 0 radical (unpaired) electrons. The molecule has 0 atom stereocenters. The van der Waals surface area contributed by atoms with E-state index in [2.05, 4.69) is 10.2 Å². The van der Waals surface area contributed by atoms with Crippen molar-refractivity contribution in [3.8, 4) is 17.1 Å². The van der Waals surface area contributed by atoms with E-state index in [1.54, 1.807) is 0 Å². The zero-order valence-electron chi connectivity index (χ0n) is 12.6. The van der Waals surface area contributed by atoms with Crippen LogP contribution in [0, 0.1) is 6.92 Å². The molecule has 3 aromatic rings. The van der Waals surface area contributed by atoms with Crippen molar-refractivity contribution in [2.45, 2.75) is 12.1 Å². The van der Waals surface area contributed by atoms with Gasteiger partial charge in [-0.05, 0) is 24.6 Å². The molecule has 0 spiro atoms. The molecule has 0 aliphatic rings. The van der Waals surface area contributed by atoms with E-state index >= 15 is 0 Å². The van der Waals surface area contributed by atoms with Crippen LogP contribution in [0.2, 0.25) is 0 Å². The lowest BCUT2D eigenvalue weighted by atomic mass is 10.1. The molecule has 1 aromatic heterocycles. The lowest BCUT2D eigenvalue weighted by molar-refractivity contribution is -0.115. The third-order valence-electron chi connectivity index (χ3n) is 3.38. The van der Waals surface area contributed by atoms with E-state index in [0.717, 1.165) is 22.6 Å². The van der Waals surface area contributed by atoms with Crippen molar-refractivity contribution in [3.05, 3.63) is 60.2 Å². The van der Waals surface area contributed by atoms with Crippen LogP contribution in [-0.4, -0.2) is 26.4 Å². The van der Waals surface area contributed by atoms with Crippen molar-refractivity contribution in [3.63, 3.8) is 0 Å². The number of nitrogens with two attached hydrogens (primary N) is 1. The molecule has 116 valence electrons. The first-order valence-corrected chi connectivity index (χ1v) is 8.13. The van der Waals surface area contributed by atoms with Gasteiger partial charge in [-0.2, -0.15) is 0 Å². The van der Waals surface area contributed by atoms with Gasteiger partial charge in [0.2, 0.25) is 5.91 Å². The number of para-hydroxylation sites is 1. The SMILES string of the molecule is Cc1ccccc1-c1nnc(SCC(N)=O)n1-c1ccccc1. The molecule has 0 aliphatic carbocycles. The molecule has 0 fully saturated rings. The van der Waals surface area contributed by atoms with Gasteiger partial charge in [0.05, 0.1) is 5.75 Å². The van der Waals surface area contributed by atoms with Crippen LogP contribution >= 0.6 is 11.8 Å². The van der Waals surface area contributed by atoms with E-state index in [-0.39, 0.29) is 11.7 Å². The van der Waals surface area contributed by atoms with Crippen LogP contribution in [0.4, 0.5) is 0 Å². The molecule has 1 heterocycles. The number of primary amides is 1. The van der Waals surface area contributed by atoms with Crippen LogP contribution in [0.1, 0.15) is 5.56 Å². The topological polar surface area (TPSA) is 73.8 Å². The second-order valence-corrected chi connectivity index (χ2v) is 5.99. The normalized spacial score (nSPS) is 10.7. The van der Waals surface area contributed by atoms with Crippen LogP contribution in [0.15, 0.2) is 59.8 Å². The monoisotopic (exact) mass is 324 g/mol. The first-order chi connectivity index (χ1) is 11.2. The smallest absolute Gasteiger partial charge is 0.227 e. The number of aromatic nitrogens is 3. The molecule has 1 amide bonds. The largest absolute Gasteiger partial charge is 0.369 e. The highest BCUT2D eigenvalue weighted by molar-refractivity contribution is 7.99. The fraction of sp³-hybridized carbons (Fsp3) is 0.118. The van der Waals surface area contributed by atoms with Crippen molar-refractivity contribution < 1.29 is 4.79 Å². The van der Waals surface area contributed by atoms with Crippen LogP contribution in [0.3, 0.4) is 0 Å². The van der Waals surface area contributed by atoms with E-state index in [4.69, 9.17) is 5.73 Å². The number of hydrogen-bond donors (Lipinski definition) is 1. The van der Waals surface area contributed by atoms with Gasteiger partial charge in [-0.1, -0.05) is 54.2 Å². The summed E-state index contributed by atoms with van der Waals surface area (Å²) in [5.41, 5.74) is 8.32. The number of benzene rings is 2. The summed E-state index contributed by atoms with van der Waals surface area (Å²) >= 11 is 1.29. The Morgan fingerprint density at radius 3 is 2.48 bits per heavy atom. The molecular formula is C17H16N4OS. The lowest BCUT2D eigenvalue weighted by Crippen LogP contribution is -2.13. The molecule has 0 bridgehead atoms. The van der Waals surface area contributed by atoms with Gasteiger partial charge < -0.3 is 5.73 Å². The average molecular weight is 324 g/mol. The molecule has 3 rings (SSSR count). The third-order valence-corrected chi connectivity index (χ3v) is 4.33. The van der Waals surface area contributed by atoms with Gasteiger partial charge in [0.15, 0.2) is 11.0 Å². The number of carbonyl (C=O) groups is 1. The Labute approximate surface area is 138 Å². The van der Waals surface area contributed by atoms with Crippen LogP contribution in [0.5, 0.6) is 0 Å². The van der Waals surface area contributed by atoms with Gasteiger partial charge >= 0.3 is 0 Å². The molecule has 2 N–H and O–H groups in total. The zero-order valence-corrected chi connectivity index (χ0v) is 13.5. The number of aryl methyl sites for hydroxylation is 1.